The largest absolute Gasteiger partial charge is 0.507 e. The number of hydrogen-bond acceptors (Lipinski definition) is 6. The van der Waals surface area contributed by atoms with E-state index in [1.54, 1.807) is 60.7 Å². The third kappa shape index (κ3) is 4.21. The number of fused-ring (bicyclic) bond motifs is 1. The Bertz CT molecular complexity index is 1640. The first-order valence-electron chi connectivity index (χ1n) is 11.5. The van der Waals surface area contributed by atoms with Crippen LogP contribution in [0.4, 0.5) is 5.69 Å². The fraction of sp³-hybridized carbons (Fsp3) is 0.0667. The number of hydrogen-bond donors (Lipinski definition) is 1. The maximum atomic E-state index is 13.5. The average molecular weight is 488 g/mol. The number of ether oxygens (including phenoxy) is 1. The Balaban J connectivity index is 1.76. The van der Waals surface area contributed by atoms with Crippen molar-refractivity contribution >= 4 is 39.9 Å². The summed E-state index contributed by atoms with van der Waals surface area (Å²) in [4.78, 5) is 39.7. The number of aliphatic hydroxyl groups excluding tert-OH is 1. The fourth-order valence-corrected chi connectivity index (χ4v) is 4.60. The molecule has 0 saturated carbocycles. The number of nitrogens with zero attached hydrogens (tertiary/aromatic N) is 2. The van der Waals surface area contributed by atoms with Gasteiger partial charge in [0.2, 0.25) is 0 Å². The molecule has 0 spiro atoms. The van der Waals surface area contributed by atoms with Crippen molar-refractivity contribution in [3.8, 4) is 11.8 Å². The molecule has 1 unspecified atom stereocenters. The first-order chi connectivity index (χ1) is 17.9. The molecular weight excluding hydrogens is 468 g/mol. The van der Waals surface area contributed by atoms with E-state index in [0.717, 1.165) is 10.8 Å². The molecule has 37 heavy (non-hydrogen) atoms. The number of anilines is 1. The third-order valence-corrected chi connectivity index (χ3v) is 6.20. The summed E-state index contributed by atoms with van der Waals surface area (Å²) in [5, 5.41) is 22.3. The highest BCUT2D eigenvalue weighted by atomic mass is 16.5. The number of carbonyl (C=O) groups is 3. The normalized spacial score (nSPS) is 16.5. The number of rotatable bonds is 4. The molecule has 1 aliphatic rings. The van der Waals surface area contributed by atoms with Crippen molar-refractivity contribution in [2.24, 2.45) is 0 Å². The Morgan fingerprint density at radius 3 is 2.38 bits per heavy atom. The number of Topliss-reactive ketones (excluding diaryl/α,β-unsaturated/α-hetero) is 1. The monoisotopic (exact) mass is 488 g/mol. The van der Waals surface area contributed by atoms with Crippen LogP contribution in [0, 0.1) is 11.3 Å². The van der Waals surface area contributed by atoms with Crippen LogP contribution in [-0.2, 0) is 14.4 Å². The second-order valence-corrected chi connectivity index (χ2v) is 8.52. The summed E-state index contributed by atoms with van der Waals surface area (Å²) >= 11 is 0. The lowest BCUT2D eigenvalue weighted by molar-refractivity contribution is -0.132. The van der Waals surface area contributed by atoms with Gasteiger partial charge in [0, 0.05) is 18.2 Å². The molecule has 0 aromatic heterocycles. The molecular formula is C30H20N2O5. The number of esters is 1. The van der Waals surface area contributed by atoms with Gasteiger partial charge in [-0.2, -0.15) is 5.26 Å². The van der Waals surface area contributed by atoms with E-state index in [4.69, 9.17) is 4.74 Å². The molecule has 180 valence electrons. The lowest BCUT2D eigenvalue weighted by Gasteiger charge is -2.26. The van der Waals surface area contributed by atoms with Crippen LogP contribution in [0.15, 0.2) is 96.6 Å². The highest BCUT2D eigenvalue weighted by molar-refractivity contribution is 6.51. The highest BCUT2D eigenvalue weighted by Gasteiger charge is 2.47. The number of aliphatic hydroxyl groups is 1. The van der Waals surface area contributed by atoms with E-state index in [2.05, 4.69) is 0 Å². The topological polar surface area (TPSA) is 108 Å². The van der Waals surface area contributed by atoms with Gasteiger partial charge in [-0.25, -0.2) is 0 Å². The van der Waals surface area contributed by atoms with Gasteiger partial charge >= 0.3 is 5.97 Å². The molecule has 1 fully saturated rings. The maximum Gasteiger partial charge on any atom is 0.308 e. The maximum absolute atomic E-state index is 13.5. The third-order valence-electron chi connectivity index (χ3n) is 6.20. The molecule has 4 aromatic rings. The van der Waals surface area contributed by atoms with Crippen LogP contribution in [0.25, 0.3) is 16.5 Å². The molecule has 7 nitrogen and oxygen atoms in total. The van der Waals surface area contributed by atoms with Gasteiger partial charge in [-0.15, -0.1) is 0 Å². The lowest BCUT2D eigenvalue weighted by atomic mass is 9.93. The molecule has 1 N–H and O–H groups in total. The van der Waals surface area contributed by atoms with Gasteiger partial charge in [0.05, 0.1) is 23.2 Å². The summed E-state index contributed by atoms with van der Waals surface area (Å²) in [7, 11) is 0. The van der Waals surface area contributed by atoms with Crippen LogP contribution in [0.1, 0.15) is 29.7 Å². The minimum Gasteiger partial charge on any atom is -0.507 e. The molecule has 1 atom stereocenters. The minimum atomic E-state index is -1.01. The van der Waals surface area contributed by atoms with E-state index >= 15 is 0 Å². The van der Waals surface area contributed by atoms with Gasteiger partial charge in [-0.05, 0) is 52.7 Å². The first kappa shape index (κ1) is 23.5. The Morgan fingerprint density at radius 2 is 1.65 bits per heavy atom. The summed E-state index contributed by atoms with van der Waals surface area (Å²) in [6.45, 7) is 1.27. The van der Waals surface area contributed by atoms with Crippen LogP contribution in [-0.4, -0.2) is 22.8 Å². The van der Waals surface area contributed by atoms with Crippen molar-refractivity contribution in [1.29, 1.82) is 5.26 Å². The molecule has 1 aliphatic heterocycles. The fourth-order valence-electron chi connectivity index (χ4n) is 4.60. The standard InChI is InChI=1S/C30H20N2O5/c1-18(33)37-23-9-4-8-21(16-23)27-26(28(34)25-11-5-7-20-6-2-3-10-24(20)25)29(35)30(36)32(27)22-14-12-19(17-31)13-15-22/h2-16,27,34H,1H3/b28-26-. The molecule has 1 amide bonds. The molecule has 0 bridgehead atoms. The molecule has 0 radical (unpaired) electrons. The summed E-state index contributed by atoms with van der Waals surface area (Å²) in [5.41, 5.74) is 1.55. The van der Waals surface area contributed by atoms with Crippen molar-refractivity contribution < 1.29 is 24.2 Å². The van der Waals surface area contributed by atoms with E-state index in [1.165, 1.54) is 11.8 Å². The summed E-state index contributed by atoms with van der Waals surface area (Å²) in [5.74, 6) is -2.27. The van der Waals surface area contributed by atoms with Crippen LogP contribution in [0.3, 0.4) is 0 Å². The van der Waals surface area contributed by atoms with E-state index in [1.807, 2.05) is 36.4 Å². The zero-order valence-electron chi connectivity index (χ0n) is 19.7. The molecule has 4 aromatic carbocycles. The van der Waals surface area contributed by atoms with Crippen LogP contribution in [0.5, 0.6) is 5.75 Å². The Labute approximate surface area is 212 Å². The number of amides is 1. The second-order valence-electron chi connectivity index (χ2n) is 8.52. The smallest absolute Gasteiger partial charge is 0.308 e. The highest BCUT2D eigenvalue weighted by Crippen LogP contribution is 2.43. The van der Waals surface area contributed by atoms with E-state index < -0.39 is 23.7 Å². The average Bonchev–Trinajstić information content (AvgIpc) is 3.18. The summed E-state index contributed by atoms with van der Waals surface area (Å²) < 4.78 is 5.24. The second kappa shape index (κ2) is 9.44. The summed E-state index contributed by atoms with van der Waals surface area (Å²) in [6.07, 6.45) is 0. The van der Waals surface area contributed by atoms with Gasteiger partial charge in [-0.1, -0.05) is 54.6 Å². The van der Waals surface area contributed by atoms with Gasteiger partial charge in [-0.3, -0.25) is 19.3 Å². The quantitative estimate of drug-likeness (QED) is 0.138. The lowest BCUT2D eigenvalue weighted by Crippen LogP contribution is -2.29. The predicted molar refractivity (Wildman–Crippen MR) is 138 cm³/mol. The molecule has 1 saturated heterocycles. The van der Waals surface area contributed by atoms with Crippen LogP contribution < -0.4 is 9.64 Å². The van der Waals surface area contributed by atoms with Crippen molar-refractivity contribution in [3.05, 3.63) is 113 Å². The number of carbonyl (C=O) groups excluding carboxylic acids is 3. The van der Waals surface area contributed by atoms with E-state index in [9.17, 15) is 24.8 Å². The number of nitriles is 1. The predicted octanol–water partition coefficient (Wildman–Crippen LogP) is 5.26. The minimum absolute atomic E-state index is 0.0920. The van der Waals surface area contributed by atoms with Crippen molar-refractivity contribution in [3.63, 3.8) is 0 Å². The summed E-state index contributed by atoms with van der Waals surface area (Å²) in [6, 6.07) is 26.5. The van der Waals surface area contributed by atoms with E-state index in [0.29, 0.717) is 22.4 Å². The van der Waals surface area contributed by atoms with E-state index in [-0.39, 0.29) is 17.1 Å². The van der Waals surface area contributed by atoms with Gasteiger partial charge in [0.1, 0.15) is 11.5 Å². The first-order valence-corrected chi connectivity index (χ1v) is 11.5. The van der Waals surface area contributed by atoms with Gasteiger partial charge in [0.25, 0.3) is 11.7 Å². The number of ketones is 1. The van der Waals surface area contributed by atoms with Gasteiger partial charge in [0.15, 0.2) is 0 Å². The zero-order chi connectivity index (χ0) is 26.1. The van der Waals surface area contributed by atoms with Gasteiger partial charge < -0.3 is 9.84 Å². The number of benzene rings is 4. The van der Waals surface area contributed by atoms with Crippen LogP contribution >= 0.6 is 0 Å². The SMILES string of the molecule is CC(=O)Oc1cccc(C2/C(=C(/O)c3cccc4ccccc34)C(=O)C(=O)N2c2ccc(C#N)cc2)c1. The Kier molecular flexibility index (Phi) is 6.00. The molecule has 0 aliphatic carbocycles. The Morgan fingerprint density at radius 1 is 0.946 bits per heavy atom. The van der Waals surface area contributed by atoms with Crippen LogP contribution in [0.2, 0.25) is 0 Å². The molecule has 1 heterocycles. The molecule has 5 rings (SSSR count). The van der Waals surface area contributed by atoms with Crippen molar-refractivity contribution in [2.75, 3.05) is 4.90 Å². The molecule has 7 heteroatoms. The zero-order valence-corrected chi connectivity index (χ0v) is 19.7. The van der Waals surface area contributed by atoms with Crippen molar-refractivity contribution in [2.45, 2.75) is 13.0 Å². The Hall–Kier alpha value is -5.22. The van der Waals surface area contributed by atoms with Crippen molar-refractivity contribution in [1.82, 2.24) is 0 Å².